The van der Waals surface area contributed by atoms with E-state index in [1.807, 2.05) is 18.9 Å². The second kappa shape index (κ2) is 7.44. The molecule has 1 aliphatic rings. The number of fused-ring (bicyclic) bond motifs is 1. The molecule has 4 rings (SSSR count). The predicted molar refractivity (Wildman–Crippen MR) is 107 cm³/mol. The van der Waals surface area contributed by atoms with Crippen molar-refractivity contribution in [1.82, 2.24) is 14.6 Å². The van der Waals surface area contributed by atoms with Gasteiger partial charge in [0.25, 0.3) is 5.56 Å². The average Bonchev–Trinajstić information content (AvgIpc) is 3.34. The van der Waals surface area contributed by atoms with E-state index in [9.17, 15) is 18.0 Å². The molecule has 0 radical (unpaired) electrons. The van der Waals surface area contributed by atoms with E-state index in [2.05, 4.69) is 10.1 Å². The maximum atomic E-state index is 12.9. The van der Waals surface area contributed by atoms with Crippen molar-refractivity contribution < 1.29 is 13.2 Å². The Morgan fingerprint density at radius 3 is 2.62 bits per heavy atom. The van der Waals surface area contributed by atoms with Crippen molar-refractivity contribution in [2.75, 3.05) is 11.9 Å². The minimum atomic E-state index is -4.33. The van der Waals surface area contributed by atoms with Gasteiger partial charge in [-0.25, -0.2) is 4.98 Å². The molecule has 1 aromatic carbocycles. The van der Waals surface area contributed by atoms with Gasteiger partial charge in [0.2, 0.25) is 10.1 Å². The van der Waals surface area contributed by atoms with Crippen molar-refractivity contribution in [3.63, 3.8) is 0 Å². The van der Waals surface area contributed by atoms with Gasteiger partial charge in [0.05, 0.1) is 5.56 Å². The number of hydrogen-bond acceptors (Lipinski definition) is 5. The minimum Gasteiger partial charge on any atom is -0.346 e. The molecule has 0 aliphatic heterocycles. The van der Waals surface area contributed by atoms with Gasteiger partial charge in [-0.05, 0) is 37.0 Å². The molecular weight excluding hydrogens is 401 g/mol. The number of rotatable bonds is 4. The largest absolute Gasteiger partial charge is 0.416 e. The number of hydrogen-bond donors (Lipinski definition) is 0. The molecular formula is C20H21F3N4OS. The summed E-state index contributed by atoms with van der Waals surface area (Å²) in [6.07, 6.45) is -0.843. The zero-order valence-corrected chi connectivity index (χ0v) is 16.9. The van der Waals surface area contributed by atoms with Gasteiger partial charge < -0.3 is 4.90 Å². The summed E-state index contributed by atoms with van der Waals surface area (Å²) >= 11 is 1.36. The molecule has 2 atom stereocenters. The highest BCUT2D eigenvalue weighted by Gasteiger charge is 2.35. The zero-order chi connectivity index (χ0) is 20.8. The number of aromatic nitrogens is 3. The Kier molecular flexibility index (Phi) is 5.10. The Morgan fingerprint density at radius 2 is 1.97 bits per heavy atom. The van der Waals surface area contributed by atoms with Gasteiger partial charge in [-0.2, -0.15) is 17.7 Å². The van der Waals surface area contributed by atoms with Crippen molar-refractivity contribution in [3.8, 4) is 0 Å². The molecule has 1 fully saturated rings. The molecule has 0 bridgehead atoms. The SMILES string of the molecule is CCc1cc(=O)n2nc(N(C)[C@@H]3CCC[C@@H]3c3ccc(C(F)(F)F)cc3)sc2n1. The second-order valence-corrected chi connectivity index (χ2v) is 8.29. The minimum absolute atomic E-state index is 0.105. The molecule has 2 aromatic heterocycles. The summed E-state index contributed by atoms with van der Waals surface area (Å²) < 4.78 is 39.9. The van der Waals surface area contributed by atoms with Crippen LogP contribution in [0, 0.1) is 0 Å². The third-order valence-electron chi connectivity index (χ3n) is 5.59. The molecule has 1 saturated carbocycles. The van der Waals surface area contributed by atoms with E-state index in [4.69, 9.17) is 0 Å². The van der Waals surface area contributed by atoms with Crippen molar-refractivity contribution in [3.05, 3.63) is 57.5 Å². The van der Waals surface area contributed by atoms with E-state index < -0.39 is 11.7 Å². The summed E-state index contributed by atoms with van der Waals surface area (Å²) in [6, 6.07) is 7.07. The highest BCUT2D eigenvalue weighted by Crippen LogP contribution is 2.40. The summed E-state index contributed by atoms with van der Waals surface area (Å²) in [5, 5.41) is 5.13. The molecule has 2 heterocycles. The number of anilines is 1. The van der Waals surface area contributed by atoms with Crippen LogP contribution in [-0.4, -0.2) is 27.7 Å². The second-order valence-electron chi connectivity index (χ2n) is 7.35. The Labute approximate surface area is 169 Å². The van der Waals surface area contributed by atoms with Crippen LogP contribution in [0.4, 0.5) is 18.3 Å². The number of likely N-dealkylation sites (N-methyl/N-ethyl adjacent to an activating group) is 1. The van der Waals surface area contributed by atoms with Crippen molar-refractivity contribution in [2.45, 2.75) is 50.7 Å². The Hall–Kier alpha value is -2.42. The molecule has 5 nitrogen and oxygen atoms in total. The molecule has 0 N–H and O–H groups in total. The fraction of sp³-hybridized carbons (Fsp3) is 0.450. The normalized spacial score (nSPS) is 19.8. The quantitative estimate of drug-likeness (QED) is 0.621. The summed E-state index contributed by atoms with van der Waals surface area (Å²) in [7, 11) is 1.93. The molecule has 1 aliphatic carbocycles. The number of halogens is 3. The van der Waals surface area contributed by atoms with Crippen LogP contribution in [0.2, 0.25) is 0 Å². The fourth-order valence-electron chi connectivity index (χ4n) is 4.02. The molecule has 0 saturated heterocycles. The van der Waals surface area contributed by atoms with E-state index >= 15 is 0 Å². The van der Waals surface area contributed by atoms with E-state index in [-0.39, 0.29) is 17.5 Å². The molecule has 0 spiro atoms. The van der Waals surface area contributed by atoms with Gasteiger partial charge in [-0.1, -0.05) is 36.8 Å². The van der Waals surface area contributed by atoms with E-state index in [0.29, 0.717) is 16.5 Å². The number of benzene rings is 1. The van der Waals surface area contributed by atoms with Crippen LogP contribution in [0.15, 0.2) is 35.1 Å². The summed E-state index contributed by atoms with van der Waals surface area (Å²) in [5.41, 5.74) is 0.800. The van der Waals surface area contributed by atoms with Crippen molar-refractivity contribution >= 4 is 21.4 Å². The van der Waals surface area contributed by atoms with E-state index in [1.165, 1.54) is 21.9 Å². The maximum absolute atomic E-state index is 12.9. The van der Waals surface area contributed by atoms with Crippen LogP contribution < -0.4 is 10.5 Å². The average molecular weight is 422 g/mol. The number of aryl methyl sites for hydroxylation is 1. The lowest BCUT2D eigenvalue weighted by Crippen LogP contribution is -2.33. The first kappa shape index (κ1) is 19.9. The molecule has 0 unspecified atom stereocenters. The lowest BCUT2D eigenvalue weighted by atomic mass is 9.92. The summed E-state index contributed by atoms with van der Waals surface area (Å²) in [5.74, 6) is 0.116. The fourth-order valence-corrected chi connectivity index (χ4v) is 4.97. The monoisotopic (exact) mass is 422 g/mol. The first-order valence-corrected chi connectivity index (χ1v) is 10.4. The van der Waals surface area contributed by atoms with Crippen LogP contribution in [0.1, 0.15) is 48.9 Å². The van der Waals surface area contributed by atoms with Crippen LogP contribution in [0.3, 0.4) is 0 Å². The van der Waals surface area contributed by atoms with Gasteiger partial charge in [-0.3, -0.25) is 4.79 Å². The zero-order valence-electron chi connectivity index (χ0n) is 16.1. The summed E-state index contributed by atoms with van der Waals surface area (Å²) in [6.45, 7) is 1.94. The van der Waals surface area contributed by atoms with Gasteiger partial charge >= 0.3 is 6.18 Å². The number of alkyl halides is 3. The van der Waals surface area contributed by atoms with Crippen molar-refractivity contribution in [2.24, 2.45) is 0 Å². The lowest BCUT2D eigenvalue weighted by Gasteiger charge is -2.29. The van der Waals surface area contributed by atoms with Crippen LogP contribution in [0.25, 0.3) is 4.96 Å². The third-order valence-corrected chi connectivity index (χ3v) is 6.59. The first-order chi connectivity index (χ1) is 13.8. The topological polar surface area (TPSA) is 50.5 Å². The van der Waals surface area contributed by atoms with Crippen LogP contribution in [0.5, 0.6) is 0 Å². The predicted octanol–water partition coefficient (Wildman–Crippen LogP) is 4.50. The van der Waals surface area contributed by atoms with Gasteiger partial charge in [0, 0.05) is 30.8 Å². The first-order valence-electron chi connectivity index (χ1n) is 9.57. The third kappa shape index (κ3) is 3.75. The van der Waals surface area contributed by atoms with Gasteiger partial charge in [-0.15, -0.1) is 5.10 Å². The Balaban J connectivity index is 1.62. The maximum Gasteiger partial charge on any atom is 0.416 e. The molecule has 154 valence electrons. The standard InChI is InChI=1S/C20H21F3N4OS/c1-3-14-11-17(28)27-18(24-14)29-19(25-27)26(2)16-6-4-5-15(16)12-7-9-13(10-8-12)20(21,22)23/h7-11,15-16H,3-6H2,1-2H3/t15-,16-/m1/s1. The highest BCUT2D eigenvalue weighted by molar-refractivity contribution is 7.20. The lowest BCUT2D eigenvalue weighted by molar-refractivity contribution is -0.137. The Bertz CT molecular complexity index is 1070. The van der Waals surface area contributed by atoms with Gasteiger partial charge in [0.15, 0.2) is 0 Å². The van der Waals surface area contributed by atoms with E-state index in [0.717, 1.165) is 42.7 Å². The molecule has 0 amide bonds. The molecule has 3 aromatic rings. The number of nitrogens with zero attached hydrogens (tertiary/aromatic N) is 4. The Morgan fingerprint density at radius 1 is 1.24 bits per heavy atom. The smallest absolute Gasteiger partial charge is 0.346 e. The van der Waals surface area contributed by atoms with E-state index in [1.54, 1.807) is 12.1 Å². The molecule has 29 heavy (non-hydrogen) atoms. The highest BCUT2D eigenvalue weighted by atomic mass is 32.1. The van der Waals surface area contributed by atoms with Crippen LogP contribution >= 0.6 is 11.3 Å². The van der Waals surface area contributed by atoms with Gasteiger partial charge in [0.1, 0.15) is 0 Å². The van der Waals surface area contributed by atoms with Crippen molar-refractivity contribution in [1.29, 1.82) is 0 Å². The summed E-state index contributed by atoms with van der Waals surface area (Å²) in [4.78, 5) is 19.3. The molecule has 9 heteroatoms. The van der Waals surface area contributed by atoms with Crippen LogP contribution in [-0.2, 0) is 12.6 Å².